The number of benzene rings is 1. The normalized spacial score (nSPS) is 10.5. The van der Waals surface area contributed by atoms with E-state index in [2.05, 4.69) is 46.5 Å². The Morgan fingerprint density at radius 3 is 2.80 bits per heavy atom. The van der Waals surface area contributed by atoms with Crippen molar-refractivity contribution in [3.8, 4) is 0 Å². The summed E-state index contributed by atoms with van der Waals surface area (Å²) in [4.78, 5) is 0. The first-order chi connectivity index (χ1) is 4.88. The zero-order valence-corrected chi connectivity index (χ0v) is 7.94. The molecule has 0 aliphatic rings. The SMILES string of the molecule is [As]c1csc2ccccc12. The number of fused-ring (bicyclic) bond motifs is 1. The number of rotatable bonds is 0. The molecule has 2 rings (SSSR count). The summed E-state index contributed by atoms with van der Waals surface area (Å²) in [5.41, 5.74) is 0. The van der Waals surface area contributed by atoms with Crippen LogP contribution in [0, 0.1) is 0 Å². The molecule has 48 valence electrons. The van der Waals surface area contributed by atoms with Crippen molar-refractivity contribution in [1.82, 2.24) is 0 Å². The molecular formula is C8H5AsS. The quantitative estimate of drug-likeness (QED) is 0.578. The molecular weight excluding hydrogens is 203 g/mol. The molecule has 0 nitrogen and oxygen atoms in total. The Bertz CT molecular complexity index is 351. The molecule has 1 aromatic carbocycles. The molecule has 2 aromatic rings. The van der Waals surface area contributed by atoms with E-state index in [0.29, 0.717) is 0 Å². The average molecular weight is 208 g/mol. The Labute approximate surface area is 72.4 Å². The van der Waals surface area contributed by atoms with Crippen LogP contribution in [0.4, 0.5) is 0 Å². The van der Waals surface area contributed by atoms with Crippen LogP contribution in [-0.4, -0.2) is 16.9 Å². The molecule has 0 saturated heterocycles. The maximum absolute atomic E-state index is 2.59. The van der Waals surface area contributed by atoms with Gasteiger partial charge in [0.1, 0.15) is 0 Å². The summed E-state index contributed by atoms with van der Waals surface area (Å²) in [6.45, 7) is 0. The van der Waals surface area contributed by atoms with Crippen molar-refractivity contribution in [3.63, 3.8) is 0 Å². The van der Waals surface area contributed by atoms with Crippen LogP contribution in [0.15, 0.2) is 29.6 Å². The van der Waals surface area contributed by atoms with Crippen LogP contribution in [0.1, 0.15) is 0 Å². The summed E-state index contributed by atoms with van der Waals surface area (Å²) in [7, 11) is 0. The summed E-state index contributed by atoms with van der Waals surface area (Å²) in [5, 5.41) is 3.54. The number of hydrogen-bond donors (Lipinski definition) is 0. The molecule has 0 atom stereocenters. The van der Waals surface area contributed by atoms with Crippen LogP contribution < -0.4 is 4.35 Å². The van der Waals surface area contributed by atoms with Crippen LogP contribution in [0.5, 0.6) is 0 Å². The third-order valence-electron chi connectivity index (χ3n) is 1.46. The first-order valence-corrected chi connectivity index (χ1v) is 4.85. The van der Waals surface area contributed by atoms with E-state index in [1.807, 2.05) is 0 Å². The summed E-state index contributed by atoms with van der Waals surface area (Å²) >= 11 is 4.39. The monoisotopic (exact) mass is 208 g/mol. The molecule has 2 radical (unpaired) electrons. The first-order valence-electron chi connectivity index (χ1n) is 3.03. The van der Waals surface area contributed by atoms with E-state index >= 15 is 0 Å². The van der Waals surface area contributed by atoms with Crippen LogP contribution in [0.25, 0.3) is 10.1 Å². The van der Waals surface area contributed by atoms with Gasteiger partial charge in [0.2, 0.25) is 0 Å². The van der Waals surface area contributed by atoms with Crippen molar-refractivity contribution in [3.05, 3.63) is 29.6 Å². The van der Waals surface area contributed by atoms with Gasteiger partial charge in [-0.2, -0.15) is 0 Å². The molecule has 0 unspecified atom stereocenters. The summed E-state index contributed by atoms with van der Waals surface area (Å²) in [6, 6.07) is 8.45. The summed E-state index contributed by atoms with van der Waals surface area (Å²) in [6.07, 6.45) is 0. The van der Waals surface area contributed by atoms with Gasteiger partial charge in [-0.25, -0.2) is 0 Å². The molecule has 10 heavy (non-hydrogen) atoms. The number of thiophene rings is 1. The van der Waals surface area contributed by atoms with Crippen LogP contribution in [0.2, 0.25) is 0 Å². The predicted octanol–water partition coefficient (Wildman–Crippen LogP) is 1.70. The van der Waals surface area contributed by atoms with Gasteiger partial charge in [-0.15, -0.1) is 0 Å². The van der Waals surface area contributed by atoms with Crippen molar-refractivity contribution >= 4 is 42.6 Å². The first kappa shape index (κ1) is 6.45. The minimum absolute atomic E-state index is 1.33. The molecule has 0 amide bonds. The van der Waals surface area contributed by atoms with Crippen LogP contribution >= 0.6 is 11.3 Å². The fourth-order valence-electron chi connectivity index (χ4n) is 0.964. The van der Waals surface area contributed by atoms with Crippen molar-refractivity contribution in [2.24, 2.45) is 0 Å². The molecule has 1 heterocycles. The molecule has 0 saturated carbocycles. The molecule has 1 aromatic heterocycles. The second kappa shape index (κ2) is 2.41. The number of hydrogen-bond acceptors (Lipinski definition) is 1. The second-order valence-electron chi connectivity index (χ2n) is 2.12. The van der Waals surface area contributed by atoms with E-state index in [1.54, 1.807) is 11.3 Å². The maximum atomic E-state index is 2.59. The van der Waals surface area contributed by atoms with Gasteiger partial charge in [-0.05, 0) is 0 Å². The standard InChI is InChI=1S/C8H5AsS/c9-7-5-10-8-4-2-1-3-6(7)8/h1-5H. The van der Waals surface area contributed by atoms with E-state index in [9.17, 15) is 0 Å². The molecule has 0 bridgehead atoms. The van der Waals surface area contributed by atoms with E-state index in [0.717, 1.165) is 0 Å². The van der Waals surface area contributed by atoms with E-state index in [-0.39, 0.29) is 0 Å². The Balaban J connectivity index is 2.93. The molecule has 0 aliphatic heterocycles. The fraction of sp³-hybridized carbons (Fsp3) is 0. The zero-order chi connectivity index (χ0) is 6.97. The van der Waals surface area contributed by atoms with E-state index in [1.165, 1.54) is 14.4 Å². The van der Waals surface area contributed by atoms with Crippen molar-refractivity contribution in [1.29, 1.82) is 0 Å². The molecule has 0 N–H and O–H groups in total. The average Bonchev–Trinajstić information content (AvgIpc) is 2.34. The molecule has 2 heteroatoms. The van der Waals surface area contributed by atoms with Gasteiger partial charge in [0.15, 0.2) is 0 Å². The van der Waals surface area contributed by atoms with E-state index in [4.69, 9.17) is 0 Å². The second-order valence-corrected chi connectivity index (χ2v) is 4.04. The van der Waals surface area contributed by atoms with Gasteiger partial charge in [-0.1, -0.05) is 0 Å². The third kappa shape index (κ3) is 0.902. The topological polar surface area (TPSA) is 0 Å². The van der Waals surface area contributed by atoms with Gasteiger partial charge < -0.3 is 0 Å². The Morgan fingerprint density at radius 1 is 1.20 bits per heavy atom. The van der Waals surface area contributed by atoms with Crippen molar-refractivity contribution in [2.45, 2.75) is 0 Å². The van der Waals surface area contributed by atoms with Crippen LogP contribution in [0.3, 0.4) is 0 Å². The molecule has 0 aliphatic carbocycles. The Kier molecular flexibility index (Phi) is 1.55. The predicted molar refractivity (Wildman–Crippen MR) is 47.2 cm³/mol. The van der Waals surface area contributed by atoms with E-state index < -0.39 is 0 Å². The zero-order valence-electron chi connectivity index (χ0n) is 5.24. The fourth-order valence-corrected chi connectivity index (χ4v) is 2.70. The molecule has 0 spiro atoms. The minimum atomic E-state index is 1.33. The van der Waals surface area contributed by atoms with Gasteiger partial charge in [0, 0.05) is 0 Å². The molecule has 0 fully saturated rings. The summed E-state index contributed by atoms with van der Waals surface area (Å²) < 4.78 is 2.70. The van der Waals surface area contributed by atoms with Gasteiger partial charge in [0.05, 0.1) is 0 Å². The Hall–Kier alpha value is -0.262. The van der Waals surface area contributed by atoms with Gasteiger partial charge in [-0.3, -0.25) is 0 Å². The van der Waals surface area contributed by atoms with Crippen molar-refractivity contribution < 1.29 is 0 Å². The van der Waals surface area contributed by atoms with Gasteiger partial charge >= 0.3 is 72.3 Å². The van der Waals surface area contributed by atoms with Crippen molar-refractivity contribution in [2.75, 3.05) is 0 Å². The van der Waals surface area contributed by atoms with Gasteiger partial charge in [0.25, 0.3) is 0 Å². The van der Waals surface area contributed by atoms with Crippen LogP contribution in [-0.2, 0) is 0 Å². The third-order valence-corrected chi connectivity index (χ3v) is 3.58. The summed E-state index contributed by atoms with van der Waals surface area (Å²) in [5.74, 6) is 0. The Morgan fingerprint density at radius 2 is 2.00 bits per heavy atom.